The summed E-state index contributed by atoms with van der Waals surface area (Å²) in [6.45, 7) is 0.690. The van der Waals surface area contributed by atoms with Gasteiger partial charge in [0, 0.05) is 5.39 Å². The first-order valence-corrected chi connectivity index (χ1v) is 8.00. The maximum Gasteiger partial charge on any atom is 0.119 e. The SMILES string of the molecule is COc1ccc2c(cnn2C2CC(OCc3ccccc3)C2)c1. The zero-order valence-electron chi connectivity index (χ0n) is 13.2. The number of hydrogen-bond donors (Lipinski definition) is 0. The second-order valence-corrected chi connectivity index (χ2v) is 6.06. The summed E-state index contributed by atoms with van der Waals surface area (Å²) in [5, 5.41) is 5.67. The van der Waals surface area contributed by atoms with Crippen LogP contribution in [0.5, 0.6) is 5.75 Å². The van der Waals surface area contributed by atoms with Crippen LogP contribution in [-0.2, 0) is 11.3 Å². The molecule has 1 saturated carbocycles. The van der Waals surface area contributed by atoms with Crippen molar-refractivity contribution in [2.24, 2.45) is 0 Å². The predicted molar refractivity (Wildman–Crippen MR) is 89.6 cm³/mol. The van der Waals surface area contributed by atoms with Crippen LogP contribution in [0.2, 0.25) is 0 Å². The molecule has 23 heavy (non-hydrogen) atoms. The fourth-order valence-corrected chi connectivity index (χ4v) is 3.11. The Morgan fingerprint density at radius 1 is 1.13 bits per heavy atom. The third-order valence-corrected chi connectivity index (χ3v) is 4.55. The highest BCUT2D eigenvalue weighted by Gasteiger charge is 2.32. The van der Waals surface area contributed by atoms with Gasteiger partial charge in [0.1, 0.15) is 5.75 Å². The summed E-state index contributed by atoms with van der Waals surface area (Å²) in [7, 11) is 1.69. The number of ether oxygens (including phenoxy) is 2. The third kappa shape index (κ3) is 2.82. The van der Waals surface area contributed by atoms with Crippen LogP contribution in [0.25, 0.3) is 10.9 Å². The van der Waals surface area contributed by atoms with Gasteiger partial charge in [-0.25, -0.2) is 0 Å². The molecule has 4 heteroatoms. The van der Waals surface area contributed by atoms with Crippen molar-refractivity contribution in [2.45, 2.75) is 31.6 Å². The third-order valence-electron chi connectivity index (χ3n) is 4.55. The predicted octanol–water partition coefficient (Wildman–Crippen LogP) is 3.97. The van der Waals surface area contributed by atoms with Crippen molar-refractivity contribution < 1.29 is 9.47 Å². The molecule has 3 aromatic rings. The van der Waals surface area contributed by atoms with E-state index in [1.165, 1.54) is 5.56 Å². The Morgan fingerprint density at radius 3 is 2.74 bits per heavy atom. The molecule has 4 rings (SSSR count). The molecule has 1 aromatic heterocycles. The second-order valence-electron chi connectivity index (χ2n) is 6.06. The molecule has 0 unspecified atom stereocenters. The lowest BCUT2D eigenvalue weighted by atomic mass is 9.89. The molecule has 0 aliphatic heterocycles. The van der Waals surface area contributed by atoms with Gasteiger partial charge in [0.15, 0.2) is 0 Å². The molecule has 1 heterocycles. The summed E-state index contributed by atoms with van der Waals surface area (Å²) >= 11 is 0. The van der Waals surface area contributed by atoms with Crippen molar-refractivity contribution >= 4 is 10.9 Å². The minimum atomic E-state index is 0.331. The summed E-state index contributed by atoms with van der Waals surface area (Å²) in [4.78, 5) is 0. The molecule has 0 N–H and O–H groups in total. The number of fused-ring (bicyclic) bond motifs is 1. The van der Waals surface area contributed by atoms with Crippen LogP contribution < -0.4 is 4.74 Å². The highest BCUT2D eigenvalue weighted by molar-refractivity contribution is 5.80. The molecule has 0 radical (unpaired) electrons. The Morgan fingerprint density at radius 2 is 1.96 bits per heavy atom. The van der Waals surface area contributed by atoms with Crippen molar-refractivity contribution in [1.29, 1.82) is 0 Å². The van der Waals surface area contributed by atoms with Crippen LogP contribution in [-0.4, -0.2) is 23.0 Å². The van der Waals surface area contributed by atoms with E-state index < -0.39 is 0 Å². The van der Waals surface area contributed by atoms with Gasteiger partial charge in [-0.3, -0.25) is 4.68 Å². The van der Waals surface area contributed by atoms with E-state index in [1.54, 1.807) is 7.11 Å². The van der Waals surface area contributed by atoms with E-state index in [0.717, 1.165) is 29.5 Å². The van der Waals surface area contributed by atoms with Crippen molar-refractivity contribution in [2.75, 3.05) is 7.11 Å². The van der Waals surface area contributed by atoms with E-state index in [0.29, 0.717) is 18.8 Å². The first-order valence-electron chi connectivity index (χ1n) is 8.00. The Hall–Kier alpha value is -2.33. The van der Waals surface area contributed by atoms with Crippen LogP contribution >= 0.6 is 0 Å². The average Bonchev–Trinajstić information content (AvgIpc) is 2.97. The van der Waals surface area contributed by atoms with Crippen LogP contribution in [0, 0.1) is 0 Å². The molecule has 0 saturated heterocycles. The number of rotatable bonds is 5. The Kier molecular flexibility index (Phi) is 3.75. The summed E-state index contributed by atoms with van der Waals surface area (Å²) in [6, 6.07) is 16.9. The molecular formula is C19H20N2O2. The number of aromatic nitrogens is 2. The highest BCUT2D eigenvalue weighted by atomic mass is 16.5. The number of benzene rings is 2. The lowest BCUT2D eigenvalue weighted by Gasteiger charge is -2.35. The lowest BCUT2D eigenvalue weighted by molar-refractivity contribution is -0.0373. The van der Waals surface area contributed by atoms with Gasteiger partial charge in [0.2, 0.25) is 0 Å². The van der Waals surface area contributed by atoms with E-state index in [1.807, 2.05) is 36.5 Å². The van der Waals surface area contributed by atoms with E-state index >= 15 is 0 Å². The van der Waals surface area contributed by atoms with Crippen LogP contribution in [0.3, 0.4) is 0 Å². The molecule has 1 fully saturated rings. The van der Waals surface area contributed by atoms with Gasteiger partial charge in [-0.15, -0.1) is 0 Å². The molecule has 4 nitrogen and oxygen atoms in total. The molecule has 1 aliphatic carbocycles. The Labute approximate surface area is 135 Å². The minimum absolute atomic E-state index is 0.331. The van der Waals surface area contributed by atoms with Gasteiger partial charge in [-0.2, -0.15) is 5.10 Å². The van der Waals surface area contributed by atoms with Crippen LogP contribution in [0.4, 0.5) is 0 Å². The van der Waals surface area contributed by atoms with Gasteiger partial charge < -0.3 is 9.47 Å². The number of hydrogen-bond acceptors (Lipinski definition) is 3. The largest absolute Gasteiger partial charge is 0.497 e. The monoisotopic (exact) mass is 308 g/mol. The van der Waals surface area contributed by atoms with Crippen molar-refractivity contribution in [3.63, 3.8) is 0 Å². The fraction of sp³-hybridized carbons (Fsp3) is 0.316. The maximum atomic E-state index is 5.98. The first-order chi connectivity index (χ1) is 11.3. The van der Waals surface area contributed by atoms with Crippen molar-refractivity contribution in [3.05, 3.63) is 60.3 Å². The van der Waals surface area contributed by atoms with Gasteiger partial charge in [-0.05, 0) is 36.6 Å². The maximum absolute atomic E-state index is 5.98. The molecule has 1 aliphatic rings. The average molecular weight is 308 g/mol. The normalized spacial score (nSPS) is 20.4. The van der Waals surface area contributed by atoms with Crippen molar-refractivity contribution in [1.82, 2.24) is 9.78 Å². The van der Waals surface area contributed by atoms with E-state index in [2.05, 4.69) is 28.0 Å². The zero-order chi connectivity index (χ0) is 15.6. The molecular weight excluding hydrogens is 288 g/mol. The number of methoxy groups -OCH3 is 1. The van der Waals surface area contributed by atoms with E-state index in [4.69, 9.17) is 9.47 Å². The molecule has 118 valence electrons. The quantitative estimate of drug-likeness (QED) is 0.715. The number of nitrogens with zero attached hydrogens (tertiary/aromatic N) is 2. The first kappa shape index (κ1) is 14.3. The van der Waals surface area contributed by atoms with Crippen molar-refractivity contribution in [3.8, 4) is 5.75 Å². The minimum Gasteiger partial charge on any atom is -0.497 e. The lowest BCUT2D eigenvalue weighted by Crippen LogP contribution is -2.33. The van der Waals surface area contributed by atoms with Crippen LogP contribution in [0.15, 0.2) is 54.7 Å². The van der Waals surface area contributed by atoms with Crippen LogP contribution in [0.1, 0.15) is 24.4 Å². The Bertz CT molecular complexity index is 791. The smallest absolute Gasteiger partial charge is 0.119 e. The summed E-state index contributed by atoms with van der Waals surface area (Å²) in [5.41, 5.74) is 2.39. The molecule has 2 aromatic carbocycles. The molecule has 0 amide bonds. The van der Waals surface area contributed by atoms with E-state index in [9.17, 15) is 0 Å². The fourth-order valence-electron chi connectivity index (χ4n) is 3.11. The summed E-state index contributed by atoms with van der Waals surface area (Å²) < 4.78 is 13.4. The summed E-state index contributed by atoms with van der Waals surface area (Å²) in [5.74, 6) is 0.870. The summed E-state index contributed by atoms with van der Waals surface area (Å²) in [6.07, 6.45) is 4.29. The van der Waals surface area contributed by atoms with Gasteiger partial charge in [-0.1, -0.05) is 30.3 Å². The zero-order valence-corrected chi connectivity index (χ0v) is 13.2. The van der Waals surface area contributed by atoms with E-state index in [-0.39, 0.29) is 0 Å². The van der Waals surface area contributed by atoms with Gasteiger partial charge in [0.05, 0.1) is 37.6 Å². The highest BCUT2D eigenvalue weighted by Crippen LogP contribution is 2.37. The molecule has 0 bridgehead atoms. The van der Waals surface area contributed by atoms with Gasteiger partial charge >= 0.3 is 0 Å². The molecule has 0 atom stereocenters. The Balaban J connectivity index is 1.38. The van der Waals surface area contributed by atoms with Gasteiger partial charge in [0.25, 0.3) is 0 Å². The topological polar surface area (TPSA) is 36.3 Å². The standard InChI is InChI=1S/C19H20N2O2/c1-22-17-7-8-19-15(9-17)12-20-21(19)16-10-18(11-16)23-13-14-5-3-2-4-6-14/h2-9,12,16,18H,10-11,13H2,1H3. The second kappa shape index (κ2) is 6.05. The molecule has 0 spiro atoms.